The van der Waals surface area contributed by atoms with E-state index in [0.717, 1.165) is 42.9 Å². The molecular formula is C24H29ClN6O2. The zero-order chi connectivity index (χ0) is 23.6. The van der Waals surface area contributed by atoms with Crippen LogP contribution in [0.5, 0.6) is 0 Å². The molecule has 1 saturated heterocycles. The largest absolute Gasteiger partial charge is 0.447 e. The number of rotatable bonds is 6. The maximum atomic E-state index is 12.4. The van der Waals surface area contributed by atoms with Crippen molar-refractivity contribution >= 4 is 29.2 Å². The van der Waals surface area contributed by atoms with Crippen LogP contribution in [0.4, 0.5) is 16.3 Å². The van der Waals surface area contributed by atoms with Crippen molar-refractivity contribution in [2.24, 2.45) is 0 Å². The van der Waals surface area contributed by atoms with Gasteiger partial charge in [-0.25, -0.2) is 14.8 Å². The number of aromatic nitrogens is 2. The van der Waals surface area contributed by atoms with Crippen LogP contribution in [0.2, 0.25) is 5.02 Å². The Morgan fingerprint density at radius 1 is 1.33 bits per heavy atom. The molecule has 1 aromatic heterocycles. The van der Waals surface area contributed by atoms with Crippen LogP contribution in [0.3, 0.4) is 0 Å². The molecule has 1 saturated carbocycles. The lowest BCUT2D eigenvalue weighted by Gasteiger charge is -2.41. The summed E-state index contributed by atoms with van der Waals surface area (Å²) in [7, 11) is 0. The minimum absolute atomic E-state index is 0.00817. The fourth-order valence-electron chi connectivity index (χ4n) is 4.37. The fourth-order valence-corrected chi connectivity index (χ4v) is 4.60. The second-order valence-electron chi connectivity index (χ2n) is 8.93. The summed E-state index contributed by atoms with van der Waals surface area (Å²) in [6.07, 6.45) is 4.13. The number of nitriles is 1. The Labute approximate surface area is 199 Å². The van der Waals surface area contributed by atoms with Gasteiger partial charge in [0, 0.05) is 37.3 Å². The number of anilines is 2. The van der Waals surface area contributed by atoms with Crippen LogP contribution < -0.4 is 5.32 Å². The fraction of sp³-hybridized carbons (Fsp3) is 0.500. The van der Waals surface area contributed by atoms with Crippen molar-refractivity contribution in [1.82, 2.24) is 19.8 Å². The van der Waals surface area contributed by atoms with Gasteiger partial charge in [0.1, 0.15) is 12.1 Å². The molecule has 1 aliphatic carbocycles. The number of benzene rings is 1. The quantitative estimate of drug-likeness (QED) is 0.666. The van der Waals surface area contributed by atoms with Crippen molar-refractivity contribution in [3.8, 4) is 6.07 Å². The standard InChI is InChI=1S/C24H29ClN6O2/c1-4-18-21(27-15-28-22(18)29-20-6-5-17(12-26)11-19(20)25)13-31-10-9-30(14-24(31)7-8-24)23(32)33-16(2)3/h5-6,11,15-16H,4,7-10,13-14H2,1-3H3,(H,27,28,29). The third-order valence-corrected chi connectivity index (χ3v) is 6.61. The molecule has 0 radical (unpaired) electrons. The molecule has 4 rings (SSSR count). The van der Waals surface area contributed by atoms with Gasteiger partial charge >= 0.3 is 6.09 Å². The Hall–Kier alpha value is -2.89. The van der Waals surface area contributed by atoms with E-state index in [-0.39, 0.29) is 17.7 Å². The molecule has 1 aromatic carbocycles. The SMILES string of the molecule is CCc1c(CN2CCN(C(=O)OC(C)C)CC23CC3)ncnc1Nc1ccc(C#N)cc1Cl. The van der Waals surface area contributed by atoms with Gasteiger partial charge in [-0.05, 0) is 51.3 Å². The van der Waals surface area contributed by atoms with E-state index >= 15 is 0 Å². The molecule has 1 aliphatic heterocycles. The van der Waals surface area contributed by atoms with E-state index in [0.29, 0.717) is 35.9 Å². The van der Waals surface area contributed by atoms with Crippen molar-refractivity contribution < 1.29 is 9.53 Å². The van der Waals surface area contributed by atoms with Gasteiger partial charge < -0.3 is 15.0 Å². The first-order chi connectivity index (χ1) is 15.8. The molecule has 2 fully saturated rings. The predicted molar refractivity (Wildman–Crippen MR) is 126 cm³/mol. The zero-order valence-electron chi connectivity index (χ0n) is 19.3. The van der Waals surface area contributed by atoms with E-state index in [1.54, 1.807) is 24.5 Å². The Kier molecular flexibility index (Phi) is 6.73. The maximum absolute atomic E-state index is 12.4. The third-order valence-electron chi connectivity index (χ3n) is 6.30. The van der Waals surface area contributed by atoms with Crippen LogP contribution in [-0.2, 0) is 17.7 Å². The summed E-state index contributed by atoms with van der Waals surface area (Å²) >= 11 is 6.36. The van der Waals surface area contributed by atoms with Crippen LogP contribution in [0.15, 0.2) is 24.5 Å². The summed E-state index contributed by atoms with van der Waals surface area (Å²) < 4.78 is 5.41. The normalized spacial score (nSPS) is 17.2. The lowest BCUT2D eigenvalue weighted by atomic mass is 10.1. The smallest absolute Gasteiger partial charge is 0.410 e. The lowest BCUT2D eigenvalue weighted by molar-refractivity contribution is 0.0258. The number of ether oxygens (including phenoxy) is 1. The van der Waals surface area contributed by atoms with E-state index in [9.17, 15) is 4.79 Å². The summed E-state index contributed by atoms with van der Waals surface area (Å²) in [6, 6.07) is 7.24. The Bertz CT molecular complexity index is 1080. The molecule has 174 valence electrons. The summed E-state index contributed by atoms with van der Waals surface area (Å²) in [6.45, 7) is 8.65. The first-order valence-corrected chi connectivity index (χ1v) is 11.7. The van der Waals surface area contributed by atoms with Crippen LogP contribution in [0.1, 0.15) is 50.4 Å². The molecule has 0 bridgehead atoms. The van der Waals surface area contributed by atoms with E-state index in [1.165, 1.54) is 0 Å². The number of nitrogens with zero attached hydrogens (tertiary/aromatic N) is 5. The number of hydrogen-bond donors (Lipinski definition) is 1. The van der Waals surface area contributed by atoms with E-state index < -0.39 is 0 Å². The van der Waals surface area contributed by atoms with Gasteiger partial charge in [0.05, 0.1) is 34.1 Å². The highest BCUT2D eigenvalue weighted by molar-refractivity contribution is 6.33. The summed E-state index contributed by atoms with van der Waals surface area (Å²) in [5.41, 5.74) is 3.23. The molecule has 0 atom stereocenters. The molecule has 2 aromatic rings. The highest BCUT2D eigenvalue weighted by Gasteiger charge is 2.52. The van der Waals surface area contributed by atoms with Gasteiger partial charge in [-0.1, -0.05) is 18.5 Å². The molecule has 2 aliphatic rings. The molecule has 9 heteroatoms. The number of amides is 1. The highest BCUT2D eigenvalue weighted by Crippen LogP contribution is 2.45. The minimum Gasteiger partial charge on any atom is -0.447 e. The number of nitrogens with one attached hydrogen (secondary N) is 1. The topological polar surface area (TPSA) is 94.4 Å². The number of carbonyl (C=O) groups excluding carboxylic acids is 1. The van der Waals surface area contributed by atoms with Crippen molar-refractivity contribution in [1.29, 1.82) is 5.26 Å². The highest BCUT2D eigenvalue weighted by atomic mass is 35.5. The second kappa shape index (κ2) is 9.54. The monoisotopic (exact) mass is 468 g/mol. The van der Waals surface area contributed by atoms with Crippen molar-refractivity contribution in [2.45, 2.75) is 58.2 Å². The average Bonchev–Trinajstić information content (AvgIpc) is 3.56. The van der Waals surface area contributed by atoms with Crippen LogP contribution in [0, 0.1) is 11.3 Å². The summed E-state index contributed by atoms with van der Waals surface area (Å²) in [5.74, 6) is 0.720. The summed E-state index contributed by atoms with van der Waals surface area (Å²) in [4.78, 5) is 25.8. The predicted octanol–water partition coefficient (Wildman–Crippen LogP) is 4.50. The lowest BCUT2D eigenvalue weighted by Crippen LogP contribution is -2.56. The molecule has 0 unspecified atom stereocenters. The van der Waals surface area contributed by atoms with E-state index in [1.807, 2.05) is 18.7 Å². The Morgan fingerprint density at radius 2 is 2.12 bits per heavy atom. The molecule has 1 spiro atoms. The Morgan fingerprint density at radius 3 is 2.76 bits per heavy atom. The van der Waals surface area contributed by atoms with E-state index in [2.05, 4.69) is 33.2 Å². The first-order valence-electron chi connectivity index (χ1n) is 11.3. The number of halogens is 1. The van der Waals surface area contributed by atoms with Crippen LogP contribution in [-0.4, -0.2) is 57.1 Å². The minimum atomic E-state index is -0.224. The summed E-state index contributed by atoms with van der Waals surface area (Å²) in [5, 5.41) is 12.9. The van der Waals surface area contributed by atoms with Gasteiger partial charge in [0.2, 0.25) is 0 Å². The van der Waals surface area contributed by atoms with Gasteiger partial charge in [0.15, 0.2) is 0 Å². The molecule has 1 N–H and O–H groups in total. The van der Waals surface area contributed by atoms with Gasteiger partial charge in [0.25, 0.3) is 0 Å². The number of carbonyl (C=O) groups is 1. The van der Waals surface area contributed by atoms with Crippen molar-refractivity contribution in [2.75, 3.05) is 25.0 Å². The van der Waals surface area contributed by atoms with Crippen LogP contribution in [0.25, 0.3) is 0 Å². The van der Waals surface area contributed by atoms with Gasteiger partial charge in [-0.15, -0.1) is 0 Å². The molecule has 1 amide bonds. The first kappa shape index (κ1) is 23.3. The Balaban J connectivity index is 1.50. The second-order valence-corrected chi connectivity index (χ2v) is 9.34. The third kappa shape index (κ3) is 5.05. The number of hydrogen-bond acceptors (Lipinski definition) is 7. The molecule has 33 heavy (non-hydrogen) atoms. The van der Waals surface area contributed by atoms with Gasteiger partial charge in [-0.2, -0.15) is 5.26 Å². The maximum Gasteiger partial charge on any atom is 0.410 e. The molecule has 2 heterocycles. The van der Waals surface area contributed by atoms with Crippen molar-refractivity contribution in [3.05, 3.63) is 46.4 Å². The molecular weight excluding hydrogens is 440 g/mol. The van der Waals surface area contributed by atoms with E-state index in [4.69, 9.17) is 21.6 Å². The zero-order valence-corrected chi connectivity index (χ0v) is 20.0. The van der Waals surface area contributed by atoms with Gasteiger partial charge in [-0.3, -0.25) is 4.90 Å². The average molecular weight is 469 g/mol. The van der Waals surface area contributed by atoms with Crippen LogP contribution >= 0.6 is 11.6 Å². The molecule has 8 nitrogen and oxygen atoms in total. The number of piperazine rings is 1. The van der Waals surface area contributed by atoms with Crippen molar-refractivity contribution in [3.63, 3.8) is 0 Å².